The zero-order chi connectivity index (χ0) is 14.9. The van der Waals surface area contributed by atoms with E-state index in [2.05, 4.69) is 41.6 Å². The minimum absolute atomic E-state index is 0.0827. The van der Waals surface area contributed by atoms with Crippen LogP contribution in [0.2, 0.25) is 0 Å². The fourth-order valence-electron chi connectivity index (χ4n) is 1.48. The molecule has 0 aliphatic carbocycles. The first-order chi connectivity index (χ1) is 9.29. The molecule has 8 heteroatoms. The standard InChI is InChI=1S/C12H9Br2FN2O2S/c1-7-4-10(14)11(5-9(7)13)20(18,19)17-8-2-3-12(15)16-6-8/h2-6,17H,1H3. The highest BCUT2D eigenvalue weighted by atomic mass is 79.9. The van der Waals surface area contributed by atoms with Gasteiger partial charge in [0.25, 0.3) is 10.0 Å². The van der Waals surface area contributed by atoms with E-state index < -0.39 is 16.0 Å². The Morgan fingerprint density at radius 3 is 2.50 bits per heavy atom. The molecular formula is C12H9Br2FN2O2S. The molecule has 0 aliphatic rings. The van der Waals surface area contributed by atoms with Gasteiger partial charge in [0.2, 0.25) is 5.95 Å². The van der Waals surface area contributed by atoms with Gasteiger partial charge in [0.1, 0.15) is 4.90 Å². The fourth-order valence-corrected chi connectivity index (χ4v) is 4.20. The Balaban J connectivity index is 2.40. The van der Waals surface area contributed by atoms with E-state index in [1.165, 1.54) is 12.1 Å². The summed E-state index contributed by atoms with van der Waals surface area (Å²) in [7, 11) is -3.79. The number of anilines is 1. The number of pyridine rings is 1. The van der Waals surface area contributed by atoms with Gasteiger partial charge in [-0.3, -0.25) is 4.72 Å². The van der Waals surface area contributed by atoms with Gasteiger partial charge in [-0.15, -0.1) is 0 Å². The van der Waals surface area contributed by atoms with Crippen LogP contribution in [0.3, 0.4) is 0 Å². The molecule has 1 heterocycles. The maximum atomic E-state index is 12.7. The van der Waals surface area contributed by atoms with Crippen LogP contribution in [0.1, 0.15) is 5.56 Å². The van der Waals surface area contributed by atoms with Gasteiger partial charge in [0.15, 0.2) is 0 Å². The average molecular weight is 424 g/mol. The zero-order valence-corrected chi connectivity index (χ0v) is 14.2. The Morgan fingerprint density at radius 2 is 1.90 bits per heavy atom. The third kappa shape index (κ3) is 3.36. The van der Waals surface area contributed by atoms with Crippen LogP contribution < -0.4 is 4.72 Å². The third-order valence-corrected chi connectivity index (χ3v) is 5.68. The van der Waals surface area contributed by atoms with Crippen molar-refractivity contribution in [3.8, 4) is 0 Å². The van der Waals surface area contributed by atoms with Crippen molar-refractivity contribution in [3.63, 3.8) is 0 Å². The van der Waals surface area contributed by atoms with Crippen LogP contribution in [0.25, 0.3) is 0 Å². The molecule has 1 aromatic heterocycles. The molecule has 0 aliphatic heterocycles. The summed E-state index contributed by atoms with van der Waals surface area (Å²) in [6, 6.07) is 5.58. The smallest absolute Gasteiger partial charge is 0.263 e. The highest BCUT2D eigenvalue weighted by Crippen LogP contribution is 2.29. The van der Waals surface area contributed by atoms with Crippen molar-refractivity contribution in [2.45, 2.75) is 11.8 Å². The number of benzene rings is 1. The van der Waals surface area contributed by atoms with Gasteiger partial charge in [0.05, 0.1) is 11.9 Å². The Bertz CT molecular complexity index is 749. The number of nitrogens with one attached hydrogen (secondary N) is 1. The number of nitrogens with zero attached hydrogens (tertiary/aromatic N) is 1. The Kier molecular flexibility index (Phi) is 4.46. The predicted octanol–water partition coefficient (Wildman–Crippen LogP) is 3.85. The summed E-state index contributed by atoms with van der Waals surface area (Å²) in [4.78, 5) is 3.48. The third-order valence-electron chi connectivity index (χ3n) is 2.48. The van der Waals surface area contributed by atoms with Gasteiger partial charge < -0.3 is 0 Å². The number of aromatic nitrogens is 1. The molecular weight excluding hydrogens is 415 g/mol. The second kappa shape index (κ2) is 5.79. The summed E-state index contributed by atoms with van der Waals surface area (Å²) >= 11 is 6.52. The first-order valence-electron chi connectivity index (χ1n) is 5.39. The summed E-state index contributed by atoms with van der Waals surface area (Å²) in [6.07, 6.45) is 1.12. The number of rotatable bonds is 3. The maximum absolute atomic E-state index is 12.7. The summed E-state index contributed by atoms with van der Waals surface area (Å²) < 4.78 is 40.7. The van der Waals surface area contributed by atoms with E-state index in [0.717, 1.165) is 17.8 Å². The second-order valence-electron chi connectivity index (χ2n) is 4.01. The van der Waals surface area contributed by atoms with Crippen LogP contribution in [-0.2, 0) is 10.0 Å². The van der Waals surface area contributed by atoms with E-state index >= 15 is 0 Å². The molecule has 2 aromatic rings. The maximum Gasteiger partial charge on any atom is 0.263 e. The largest absolute Gasteiger partial charge is 0.278 e. The van der Waals surface area contributed by atoms with E-state index in [-0.39, 0.29) is 10.6 Å². The molecule has 0 atom stereocenters. The molecule has 1 aromatic carbocycles. The Morgan fingerprint density at radius 1 is 1.20 bits per heavy atom. The molecule has 0 amide bonds. The van der Waals surface area contributed by atoms with Crippen molar-refractivity contribution in [1.29, 1.82) is 0 Å². The van der Waals surface area contributed by atoms with E-state index in [1.54, 1.807) is 6.07 Å². The lowest BCUT2D eigenvalue weighted by Gasteiger charge is -2.11. The van der Waals surface area contributed by atoms with E-state index in [1.807, 2.05) is 6.92 Å². The number of halogens is 3. The number of hydrogen-bond donors (Lipinski definition) is 1. The molecule has 0 unspecified atom stereocenters. The first-order valence-corrected chi connectivity index (χ1v) is 8.46. The van der Waals surface area contributed by atoms with E-state index in [9.17, 15) is 12.8 Å². The minimum Gasteiger partial charge on any atom is -0.278 e. The second-order valence-corrected chi connectivity index (χ2v) is 7.37. The van der Waals surface area contributed by atoms with Crippen LogP contribution in [0, 0.1) is 12.9 Å². The Labute approximate surface area is 132 Å². The molecule has 0 saturated carbocycles. The van der Waals surface area contributed by atoms with Crippen LogP contribution in [-0.4, -0.2) is 13.4 Å². The van der Waals surface area contributed by atoms with E-state index in [0.29, 0.717) is 8.95 Å². The lowest BCUT2D eigenvalue weighted by molar-refractivity contribution is 0.583. The van der Waals surface area contributed by atoms with Gasteiger partial charge in [-0.05, 0) is 52.7 Å². The molecule has 0 spiro atoms. The number of hydrogen-bond acceptors (Lipinski definition) is 3. The summed E-state index contributed by atoms with van der Waals surface area (Å²) in [6.45, 7) is 1.85. The van der Waals surface area contributed by atoms with Crippen molar-refractivity contribution in [3.05, 3.63) is 50.9 Å². The van der Waals surface area contributed by atoms with Gasteiger partial charge in [-0.2, -0.15) is 4.39 Å². The van der Waals surface area contributed by atoms with Crippen LogP contribution in [0.5, 0.6) is 0 Å². The van der Waals surface area contributed by atoms with Crippen LogP contribution in [0.4, 0.5) is 10.1 Å². The van der Waals surface area contributed by atoms with Crippen molar-refractivity contribution >= 4 is 47.6 Å². The van der Waals surface area contributed by atoms with Crippen LogP contribution >= 0.6 is 31.9 Å². The highest BCUT2D eigenvalue weighted by Gasteiger charge is 2.19. The summed E-state index contributed by atoms with van der Waals surface area (Å²) in [5, 5.41) is 0. The van der Waals surface area contributed by atoms with Crippen molar-refractivity contribution in [1.82, 2.24) is 4.98 Å². The fraction of sp³-hybridized carbons (Fsp3) is 0.0833. The van der Waals surface area contributed by atoms with Gasteiger partial charge in [0, 0.05) is 8.95 Å². The quantitative estimate of drug-likeness (QED) is 0.762. The molecule has 0 radical (unpaired) electrons. The number of sulfonamides is 1. The number of aryl methyl sites for hydroxylation is 1. The normalized spacial score (nSPS) is 11.4. The molecule has 20 heavy (non-hydrogen) atoms. The Hall–Kier alpha value is -0.990. The van der Waals surface area contributed by atoms with Crippen molar-refractivity contribution in [2.75, 3.05) is 4.72 Å². The van der Waals surface area contributed by atoms with Gasteiger partial charge in [-0.1, -0.05) is 15.9 Å². The highest BCUT2D eigenvalue weighted by molar-refractivity contribution is 9.11. The topological polar surface area (TPSA) is 59.1 Å². The molecule has 2 rings (SSSR count). The summed E-state index contributed by atoms with van der Waals surface area (Å²) in [5.41, 5.74) is 1.09. The lowest BCUT2D eigenvalue weighted by atomic mass is 10.2. The zero-order valence-electron chi connectivity index (χ0n) is 10.2. The molecule has 0 saturated heterocycles. The van der Waals surface area contributed by atoms with Gasteiger partial charge >= 0.3 is 0 Å². The molecule has 4 nitrogen and oxygen atoms in total. The van der Waals surface area contributed by atoms with Gasteiger partial charge in [-0.25, -0.2) is 13.4 Å². The SMILES string of the molecule is Cc1cc(Br)c(S(=O)(=O)Nc2ccc(F)nc2)cc1Br. The van der Waals surface area contributed by atoms with Crippen LogP contribution in [0.15, 0.2) is 44.3 Å². The molecule has 0 bridgehead atoms. The average Bonchev–Trinajstić information content (AvgIpc) is 2.36. The van der Waals surface area contributed by atoms with Crippen molar-refractivity contribution < 1.29 is 12.8 Å². The molecule has 0 fully saturated rings. The first kappa shape index (κ1) is 15.4. The van der Waals surface area contributed by atoms with Crippen molar-refractivity contribution in [2.24, 2.45) is 0 Å². The predicted molar refractivity (Wildman–Crippen MR) is 81.6 cm³/mol. The summed E-state index contributed by atoms with van der Waals surface area (Å²) in [5.74, 6) is -0.674. The molecule has 1 N–H and O–H groups in total. The monoisotopic (exact) mass is 422 g/mol. The lowest BCUT2D eigenvalue weighted by Crippen LogP contribution is -2.14. The minimum atomic E-state index is -3.79. The molecule has 106 valence electrons. The van der Waals surface area contributed by atoms with E-state index in [4.69, 9.17) is 0 Å².